The second kappa shape index (κ2) is 6.78. The molecule has 1 unspecified atom stereocenters. The number of hydrogen-bond donors (Lipinski definition) is 0. The Morgan fingerprint density at radius 2 is 1.76 bits per heavy atom. The Morgan fingerprint density at radius 1 is 1.00 bits per heavy atom. The van der Waals surface area contributed by atoms with E-state index < -0.39 is 5.41 Å². The first-order chi connectivity index (χ1) is 14.2. The SMILES string of the molecule is COc1ccccc1C1(c2ccccc2)C(=O)Oc2c1cc(Br)c1c2C=CCO1. The molecule has 1 atom stereocenters. The van der Waals surface area contributed by atoms with E-state index in [9.17, 15) is 4.79 Å². The molecule has 0 N–H and O–H groups in total. The molecule has 0 bridgehead atoms. The number of benzene rings is 3. The van der Waals surface area contributed by atoms with Crippen LogP contribution in [0.15, 0.2) is 71.2 Å². The molecule has 2 aliphatic rings. The van der Waals surface area contributed by atoms with Gasteiger partial charge in [-0.3, -0.25) is 0 Å². The molecule has 5 heteroatoms. The van der Waals surface area contributed by atoms with Crippen molar-refractivity contribution in [1.82, 2.24) is 0 Å². The van der Waals surface area contributed by atoms with Crippen LogP contribution in [0.2, 0.25) is 0 Å². The van der Waals surface area contributed by atoms with Crippen molar-refractivity contribution in [3.8, 4) is 17.2 Å². The van der Waals surface area contributed by atoms with Gasteiger partial charge in [-0.25, -0.2) is 4.79 Å². The minimum Gasteiger partial charge on any atom is -0.496 e. The number of para-hydroxylation sites is 1. The monoisotopic (exact) mass is 448 g/mol. The van der Waals surface area contributed by atoms with Gasteiger partial charge >= 0.3 is 5.97 Å². The van der Waals surface area contributed by atoms with Crippen LogP contribution in [0.25, 0.3) is 6.08 Å². The normalized spacial score (nSPS) is 19.2. The lowest BCUT2D eigenvalue weighted by Gasteiger charge is -2.29. The van der Waals surface area contributed by atoms with E-state index in [1.807, 2.05) is 72.8 Å². The third-order valence-corrected chi connectivity index (χ3v) is 6.04. The fourth-order valence-corrected chi connectivity index (χ4v) is 4.78. The van der Waals surface area contributed by atoms with Crippen molar-refractivity contribution in [2.24, 2.45) is 0 Å². The Hall–Kier alpha value is -3.05. The molecule has 0 amide bonds. The van der Waals surface area contributed by atoms with E-state index in [1.54, 1.807) is 7.11 Å². The number of halogens is 1. The smallest absolute Gasteiger partial charge is 0.331 e. The maximum atomic E-state index is 13.7. The summed E-state index contributed by atoms with van der Waals surface area (Å²) in [6.07, 6.45) is 3.85. The first-order valence-electron chi connectivity index (χ1n) is 9.25. The van der Waals surface area contributed by atoms with Crippen LogP contribution < -0.4 is 14.2 Å². The van der Waals surface area contributed by atoms with Crippen molar-refractivity contribution in [3.63, 3.8) is 0 Å². The van der Waals surface area contributed by atoms with E-state index in [1.165, 1.54) is 0 Å². The molecule has 0 fully saturated rings. The molecular weight excluding hydrogens is 432 g/mol. The highest BCUT2D eigenvalue weighted by atomic mass is 79.9. The Bertz CT molecular complexity index is 1150. The zero-order chi connectivity index (χ0) is 20.0. The van der Waals surface area contributed by atoms with Crippen molar-refractivity contribution in [2.75, 3.05) is 13.7 Å². The summed E-state index contributed by atoms with van der Waals surface area (Å²) in [6.45, 7) is 0.481. The van der Waals surface area contributed by atoms with Crippen LogP contribution in [0.1, 0.15) is 22.3 Å². The number of rotatable bonds is 3. The third kappa shape index (κ3) is 2.47. The number of ether oxygens (including phenoxy) is 3. The summed E-state index contributed by atoms with van der Waals surface area (Å²) < 4.78 is 18.2. The minimum absolute atomic E-state index is 0.359. The predicted octanol–water partition coefficient (Wildman–Crippen LogP) is 5.12. The molecule has 0 saturated heterocycles. The average molecular weight is 449 g/mol. The largest absolute Gasteiger partial charge is 0.496 e. The molecule has 0 spiro atoms. The Morgan fingerprint density at radius 3 is 2.55 bits per heavy atom. The van der Waals surface area contributed by atoms with Crippen molar-refractivity contribution >= 4 is 28.0 Å². The number of fused-ring (bicyclic) bond motifs is 3. The Kier molecular flexibility index (Phi) is 4.21. The fraction of sp³-hybridized carbons (Fsp3) is 0.125. The first-order valence-corrected chi connectivity index (χ1v) is 10.0. The van der Waals surface area contributed by atoms with Crippen LogP contribution >= 0.6 is 15.9 Å². The molecule has 0 aromatic heterocycles. The average Bonchev–Trinajstić information content (AvgIpc) is 3.07. The third-order valence-electron chi connectivity index (χ3n) is 5.45. The minimum atomic E-state index is -1.15. The highest BCUT2D eigenvalue weighted by molar-refractivity contribution is 9.10. The Balaban J connectivity index is 1.91. The van der Waals surface area contributed by atoms with Gasteiger partial charge in [0.05, 0.1) is 17.1 Å². The van der Waals surface area contributed by atoms with Crippen molar-refractivity contribution in [3.05, 3.63) is 93.5 Å². The van der Waals surface area contributed by atoms with Gasteiger partial charge < -0.3 is 14.2 Å². The number of methoxy groups -OCH3 is 1. The standard InChI is InChI=1S/C24H17BrO4/c1-27-20-12-6-5-11-17(20)24(15-8-3-2-4-9-15)18-14-19(25)22-16(10-7-13-28-22)21(18)29-23(24)26/h2-12,14H,13H2,1H3. The van der Waals surface area contributed by atoms with Gasteiger partial charge in [0.25, 0.3) is 0 Å². The highest BCUT2D eigenvalue weighted by Gasteiger charge is 2.54. The molecule has 0 aliphatic carbocycles. The van der Waals surface area contributed by atoms with Crippen molar-refractivity contribution in [1.29, 1.82) is 0 Å². The summed E-state index contributed by atoms with van der Waals surface area (Å²) in [5, 5.41) is 0. The van der Waals surface area contributed by atoms with E-state index in [-0.39, 0.29) is 5.97 Å². The summed E-state index contributed by atoms with van der Waals surface area (Å²) >= 11 is 3.63. The van der Waals surface area contributed by atoms with Crippen LogP contribution in [0, 0.1) is 0 Å². The molecular formula is C24H17BrO4. The molecule has 2 aliphatic heterocycles. The number of carbonyl (C=O) groups is 1. The first kappa shape index (κ1) is 18.0. The molecule has 29 heavy (non-hydrogen) atoms. The zero-order valence-electron chi connectivity index (χ0n) is 15.6. The summed E-state index contributed by atoms with van der Waals surface area (Å²) in [5.41, 5.74) is 1.94. The van der Waals surface area contributed by atoms with E-state index in [4.69, 9.17) is 14.2 Å². The zero-order valence-corrected chi connectivity index (χ0v) is 17.2. The second-order valence-electron chi connectivity index (χ2n) is 6.90. The van der Waals surface area contributed by atoms with Gasteiger partial charge in [0, 0.05) is 11.1 Å². The van der Waals surface area contributed by atoms with Crippen LogP contribution in [-0.4, -0.2) is 19.7 Å². The van der Waals surface area contributed by atoms with Crippen LogP contribution in [0.4, 0.5) is 0 Å². The van der Waals surface area contributed by atoms with Crippen LogP contribution in [-0.2, 0) is 10.2 Å². The molecule has 4 nitrogen and oxygen atoms in total. The quantitative estimate of drug-likeness (QED) is 0.412. The van der Waals surface area contributed by atoms with Gasteiger partial charge in [0.1, 0.15) is 23.9 Å². The summed E-state index contributed by atoms with van der Waals surface area (Å²) in [7, 11) is 1.61. The van der Waals surface area contributed by atoms with Crippen molar-refractivity contribution < 1.29 is 19.0 Å². The molecule has 0 saturated carbocycles. The Labute approximate surface area is 176 Å². The van der Waals surface area contributed by atoms with Gasteiger partial charge in [-0.05, 0) is 45.8 Å². The predicted molar refractivity (Wildman–Crippen MR) is 114 cm³/mol. The lowest BCUT2D eigenvalue weighted by Crippen LogP contribution is -2.36. The lowest BCUT2D eigenvalue weighted by molar-refractivity contribution is -0.135. The van der Waals surface area contributed by atoms with Gasteiger partial charge in [0.2, 0.25) is 0 Å². The lowest BCUT2D eigenvalue weighted by atomic mass is 9.69. The molecule has 0 radical (unpaired) electrons. The fourth-order valence-electron chi connectivity index (χ4n) is 4.22. The van der Waals surface area contributed by atoms with Gasteiger partial charge in [-0.15, -0.1) is 0 Å². The van der Waals surface area contributed by atoms with Crippen molar-refractivity contribution in [2.45, 2.75) is 5.41 Å². The highest BCUT2D eigenvalue weighted by Crippen LogP contribution is 2.55. The van der Waals surface area contributed by atoms with E-state index in [2.05, 4.69) is 15.9 Å². The topological polar surface area (TPSA) is 44.8 Å². The van der Waals surface area contributed by atoms with Crippen LogP contribution in [0.3, 0.4) is 0 Å². The van der Waals surface area contributed by atoms with Gasteiger partial charge in [-0.2, -0.15) is 0 Å². The molecule has 5 rings (SSSR count). The van der Waals surface area contributed by atoms with E-state index >= 15 is 0 Å². The van der Waals surface area contributed by atoms with Gasteiger partial charge in [-0.1, -0.05) is 48.5 Å². The second-order valence-corrected chi connectivity index (χ2v) is 7.75. The molecule has 144 valence electrons. The molecule has 3 aromatic rings. The molecule has 2 heterocycles. The number of hydrogen-bond acceptors (Lipinski definition) is 4. The number of carbonyl (C=O) groups excluding carboxylic acids is 1. The maximum Gasteiger partial charge on any atom is 0.331 e. The van der Waals surface area contributed by atoms with E-state index in [0.717, 1.165) is 26.7 Å². The summed E-state index contributed by atoms with van der Waals surface area (Å²) in [6, 6.07) is 19.2. The van der Waals surface area contributed by atoms with E-state index in [0.29, 0.717) is 23.9 Å². The molecule has 3 aromatic carbocycles. The summed E-state index contributed by atoms with van der Waals surface area (Å²) in [5.74, 6) is 1.48. The van der Waals surface area contributed by atoms with Crippen LogP contribution in [0.5, 0.6) is 17.2 Å². The summed E-state index contributed by atoms with van der Waals surface area (Å²) in [4.78, 5) is 13.7. The maximum absolute atomic E-state index is 13.7. The number of esters is 1. The van der Waals surface area contributed by atoms with Gasteiger partial charge in [0.15, 0.2) is 5.41 Å².